The zero-order valence-corrected chi connectivity index (χ0v) is 14.5. The Hall–Kier alpha value is -1.66. The summed E-state index contributed by atoms with van der Waals surface area (Å²) in [4.78, 5) is 11.0. The number of carbonyl (C=O) groups excluding carboxylic acids is 1. The fraction of sp³-hybridized carbons (Fsp3) is 0.917. The molecule has 0 spiro atoms. The number of hydrogen-bond donors (Lipinski definition) is 3. The number of hydrogen-bond acceptors (Lipinski definition) is 3. The number of halogens is 15. The molecule has 0 saturated heterocycles. The maximum Gasteiger partial charge on any atom is 0.460 e. The van der Waals surface area contributed by atoms with Gasteiger partial charge >= 0.3 is 41.7 Å². The number of amides is 1. The molecule has 0 bridgehead atoms. The molecule has 4 nitrogen and oxygen atoms in total. The summed E-state index contributed by atoms with van der Waals surface area (Å²) in [6, 6.07) is 0. The highest BCUT2D eigenvalue weighted by Gasteiger charge is 2.94. The Morgan fingerprint density at radius 2 is 0.968 bits per heavy atom. The SMILES string of the molecule is NCCNCCNC(=O)C(F)(F)C(F)(F)C(F)(F)C(F)(F)C(F)(F)C(F)(F)C(F)(F)F. The van der Waals surface area contributed by atoms with Gasteiger partial charge in [0.25, 0.3) is 5.91 Å². The molecule has 31 heavy (non-hydrogen) atoms. The fourth-order valence-corrected chi connectivity index (χ4v) is 1.71. The highest BCUT2D eigenvalue weighted by Crippen LogP contribution is 2.62. The number of carbonyl (C=O) groups is 1. The molecule has 0 fully saturated rings. The van der Waals surface area contributed by atoms with E-state index in [-0.39, 0.29) is 13.1 Å². The van der Waals surface area contributed by atoms with E-state index in [9.17, 15) is 70.7 Å². The Morgan fingerprint density at radius 1 is 0.581 bits per heavy atom. The van der Waals surface area contributed by atoms with E-state index in [2.05, 4.69) is 5.32 Å². The van der Waals surface area contributed by atoms with Crippen LogP contribution in [0.4, 0.5) is 65.9 Å². The summed E-state index contributed by atoms with van der Waals surface area (Å²) in [5.41, 5.74) is 4.97. The first-order valence-electron chi connectivity index (χ1n) is 7.51. The Labute approximate surface area is 162 Å². The molecule has 0 unspecified atom stereocenters. The van der Waals surface area contributed by atoms with E-state index < -0.39 is 60.7 Å². The van der Waals surface area contributed by atoms with Gasteiger partial charge in [-0.3, -0.25) is 4.79 Å². The van der Waals surface area contributed by atoms with Crippen LogP contribution in [0.3, 0.4) is 0 Å². The molecule has 0 aromatic heterocycles. The minimum atomic E-state index is -8.42. The van der Waals surface area contributed by atoms with Crippen LogP contribution in [0.5, 0.6) is 0 Å². The van der Waals surface area contributed by atoms with Crippen molar-refractivity contribution in [2.45, 2.75) is 41.7 Å². The summed E-state index contributed by atoms with van der Waals surface area (Å²) < 4.78 is 194. The third-order valence-corrected chi connectivity index (χ3v) is 3.52. The van der Waals surface area contributed by atoms with E-state index in [4.69, 9.17) is 5.73 Å². The van der Waals surface area contributed by atoms with E-state index in [1.54, 1.807) is 0 Å². The maximum absolute atomic E-state index is 13.4. The lowest BCUT2D eigenvalue weighted by molar-refractivity contribution is -0.449. The van der Waals surface area contributed by atoms with Crippen LogP contribution >= 0.6 is 0 Å². The highest BCUT2D eigenvalue weighted by atomic mass is 19.4. The second kappa shape index (κ2) is 8.70. The van der Waals surface area contributed by atoms with Gasteiger partial charge in [-0.05, 0) is 0 Å². The topological polar surface area (TPSA) is 67.2 Å². The summed E-state index contributed by atoms with van der Waals surface area (Å²) >= 11 is 0. The first-order valence-corrected chi connectivity index (χ1v) is 7.51. The molecular formula is C12H12F15N3O. The van der Waals surface area contributed by atoms with E-state index in [1.807, 2.05) is 0 Å². The maximum atomic E-state index is 13.4. The van der Waals surface area contributed by atoms with Gasteiger partial charge in [-0.2, -0.15) is 65.9 Å². The van der Waals surface area contributed by atoms with Crippen LogP contribution in [-0.4, -0.2) is 73.8 Å². The van der Waals surface area contributed by atoms with Crippen molar-refractivity contribution in [2.24, 2.45) is 5.73 Å². The smallest absolute Gasteiger partial charge is 0.349 e. The molecule has 0 saturated carbocycles. The van der Waals surface area contributed by atoms with Gasteiger partial charge in [-0.25, -0.2) is 0 Å². The molecule has 0 atom stereocenters. The van der Waals surface area contributed by atoms with Gasteiger partial charge in [0.1, 0.15) is 0 Å². The molecule has 0 heterocycles. The minimum Gasteiger partial charge on any atom is -0.349 e. The van der Waals surface area contributed by atoms with Crippen LogP contribution in [0.15, 0.2) is 0 Å². The van der Waals surface area contributed by atoms with Gasteiger partial charge in [0.05, 0.1) is 0 Å². The van der Waals surface area contributed by atoms with E-state index >= 15 is 0 Å². The number of rotatable bonds is 11. The zero-order valence-electron chi connectivity index (χ0n) is 14.5. The third-order valence-electron chi connectivity index (χ3n) is 3.52. The minimum absolute atomic E-state index is 0.0325. The standard InChI is InChI=1S/C12H12F15N3O/c13-6(14,5(31)30-4-3-29-2-1-28)7(15,16)8(17,18)9(19,20)10(21,22)11(23,24)12(25,26)27/h29H,1-4,28H2,(H,30,31). The molecule has 0 rings (SSSR count). The third kappa shape index (κ3) is 4.61. The number of nitrogens with one attached hydrogen (secondary N) is 2. The number of nitrogens with two attached hydrogens (primary N) is 1. The van der Waals surface area contributed by atoms with Crippen LogP contribution in [-0.2, 0) is 4.79 Å². The zero-order chi connectivity index (χ0) is 25.3. The number of alkyl halides is 15. The molecule has 1 amide bonds. The summed E-state index contributed by atoms with van der Waals surface area (Å²) in [6.07, 6.45) is -7.68. The van der Waals surface area contributed by atoms with Crippen molar-refractivity contribution < 1.29 is 70.7 Å². The second-order valence-corrected chi connectivity index (χ2v) is 5.74. The van der Waals surface area contributed by atoms with Crippen molar-refractivity contribution in [3.05, 3.63) is 0 Å². The molecule has 0 aliphatic carbocycles. The largest absolute Gasteiger partial charge is 0.460 e. The van der Waals surface area contributed by atoms with Crippen LogP contribution in [0.25, 0.3) is 0 Å². The monoisotopic (exact) mass is 499 g/mol. The van der Waals surface area contributed by atoms with Crippen molar-refractivity contribution in [2.75, 3.05) is 26.2 Å². The average molecular weight is 499 g/mol. The second-order valence-electron chi connectivity index (χ2n) is 5.74. The van der Waals surface area contributed by atoms with Gasteiger partial charge in [0.15, 0.2) is 0 Å². The first-order chi connectivity index (χ1) is 13.5. The van der Waals surface area contributed by atoms with Gasteiger partial charge in [-0.15, -0.1) is 0 Å². The quantitative estimate of drug-likeness (QED) is 0.303. The van der Waals surface area contributed by atoms with Crippen molar-refractivity contribution in [1.29, 1.82) is 0 Å². The van der Waals surface area contributed by atoms with Crippen LogP contribution in [0.1, 0.15) is 0 Å². The Kier molecular flexibility index (Phi) is 8.24. The molecule has 0 aromatic rings. The Morgan fingerprint density at radius 3 is 1.35 bits per heavy atom. The van der Waals surface area contributed by atoms with Crippen molar-refractivity contribution in [3.8, 4) is 0 Å². The molecule has 186 valence electrons. The first kappa shape index (κ1) is 29.3. The predicted octanol–water partition coefficient (Wildman–Crippen LogP) is 3.03. The van der Waals surface area contributed by atoms with Gasteiger partial charge < -0.3 is 16.4 Å². The normalized spacial score (nSPS) is 15.2. The van der Waals surface area contributed by atoms with Gasteiger partial charge in [0, 0.05) is 26.2 Å². The van der Waals surface area contributed by atoms with Gasteiger partial charge in [0.2, 0.25) is 0 Å². The molecular weight excluding hydrogens is 487 g/mol. The summed E-state index contributed by atoms with van der Waals surface area (Å²) in [7, 11) is 0. The Balaban J connectivity index is 6.06. The van der Waals surface area contributed by atoms with Crippen LogP contribution < -0.4 is 16.4 Å². The van der Waals surface area contributed by atoms with Gasteiger partial charge in [-0.1, -0.05) is 0 Å². The van der Waals surface area contributed by atoms with Crippen molar-refractivity contribution >= 4 is 5.91 Å². The lowest BCUT2D eigenvalue weighted by atomic mass is 9.91. The lowest BCUT2D eigenvalue weighted by Crippen LogP contribution is -2.74. The van der Waals surface area contributed by atoms with Crippen molar-refractivity contribution in [1.82, 2.24) is 10.6 Å². The Bertz CT molecular complexity index is 631. The highest BCUT2D eigenvalue weighted by molar-refractivity contribution is 5.84. The van der Waals surface area contributed by atoms with Crippen LogP contribution in [0, 0.1) is 0 Å². The molecule has 4 N–H and O–H groups in total. The van der Waals surface area contributed by atoms with Crippen LogP contribution in [0.2, 0.25) is 0 Å². The fourth-order valence-electron chi connectivity index (χ4n) is 1.71. The van der Waals surface area contributed by atoms with E-state index in [0.29, 0.717) is 0 Å². The van der Waals surface area contributed by atoms with Crippen molar-refractivity contribution in [3.63, 3.8) is 0 Å². The van der Waals surface area contributed by atoms with E-state index in [0.717, 1.165) is 5.32 Å². The average Bonchev–Trinajstić information content (AvgIpc) is 2.59. The molecule has 0 aliphatic heterocycles. The summed E-state index contributed by atoms with van der Waals surface area (Å²) in [5.74, 6) is -51.4. The van der Waals surface area contributed by atoms with E-state index in [1.165, 1.54) is 0 Å². The molecule has 0 aromatic carbocycles. The summed E-state index contributed by atoms with van der Waals surface area (Å²) in [5, 5.41) is 3.10. The summed E-state index contributed by atoms with van der Waals surface area (Å²) in [6.45, 7) is -1.66. The predicted molar refractivity (Wildman–Crippen MR) is 70.7 cm³/mol. The molecule has 0 radical (unpaired) electrons. The lowest BCUT2D eigenvalue weighted by Gasteiger charge is -2.41. The molecule has 0 aliphatic rings. The molecule has 19 heteroatoms.